The highest BCUT2D eigenvalue weighted by atomic mass is 19.3. The zero-order chi connectivity index (χ0) is 20.2. The largest absolute Gasteiger partial charge is 0.381 e. The number of halogens is 2. The van der Waals surface area contributed by atoms with Gasteiger partial charge in [-0.3, -0.25) is 4.79 Å². The van der Waals surface area contributed by atoms with Crippen molar-refractivity contribution < 1.29 is 18.3 Å². The molecule has 29 heavy (non-hydrogen) atoms. The Morgan fingerprint density at radius 2 is 1.97 bits per heavy atom. The lowest BCUT2D eigenvalue weighted by Gasteiger charge is -2.22. The number of carbonyl (C=O) groups is 1. The third-order valence-corrected chi connectivity index (χ3v) is 6.44. The zero-order valence-electron chi connectivity index (χ0n) is 16.1. The summed E-state index contributed by atoms with van der Waals surface area (Å²) in [6.45, 7) is 1.33. The SMILES string of the molecule is Cn1cncc1-c1nc(C(=O)N[C@@H]2C[C@@H]3[C@H](C2)C3(F)F)cc(C2CCOCC2)n1. The third kappa shape index (κ3) is 3.31. The van der Waals surface area contributed by atoms with E-state index in [1.807, 2.05) is 7.05 Å². The molecule has 9 heteroatoms. The molecule has 0 unspecified atom stereocenters. The summed E-state index contributed by atoms with van der Waals surface area (Å²) in [5, 5.41) is 2.90. The Kier molecular flexibility index (Phi) is 4.38. The second kappa shape index (κ2) is 6.83. The highest BCUT2D eigenvalue weighted by molar-refractivity contribution is 5.93. The minimum Gasteiger partial charge on any atom is -0.381 e. The standard InChI is InChI=1S/C20H23F2N5O2/c1-27-10-23-9-17(27)18-25-15(11-2-4-29-5-3-11)8-16(26-18)19(28)24-12-6-13-14(7-12)20(13,21)22/h8-14H,2-7H2,1H3,(H,24,28)/t12-,13-,14+. The van der Waals surface area contributed by atoms with E-state index in [-0.39, 0.29) is 23.6 Å². The fraction of sp³-hybridized carbons (Fsp3) is 0.600. The highest BCUT2D eigenvalue weighted by Crippen LogP contribution is 2.64. The number of nitrogens with zero attached hydrogens (tertiary/aromatic N) is 4. The van der Waals surface area contributed by atoms with Crippen LogP contribution in [0.4, 0.5) is 8.78 Å². The molecule has 0 spiro atoms. The van der Waals surface area contributed by atoms with E-state index >= 15 is 0 Å². The van der Waals surface area contributed by atoms with Crippen molar-refractivity contribution in [1.29, 1.82) is 0 Å². The van der Waals surface area contributed by atoms with Gasteiger partial charge < -0.3 is 14.6 Å². The number of aryl methyl sites for hydroxylation is 1. The molecule has 1 saturated heterocycles. The van der Waals surface area contributed by atoms with E-state index in [0.717, 1.165) is 24.2 Å². The van der Waals surface area contributed by atoms with Gasteiger partial charge in [-0.2, -0.15) is 0 Å². The van der Waals surface area contributed by atoms with Crippen LogP contribution < -0.4 is 5.32 Å². The van der Waals surface area contributed by atoms with Crippen LogP contribution in [0.5, 0.6) is 0 Å². The number of nitrogens with one attached hydrogen (secondary N) is 1. The van der Waals surface area contributed by atoms with Gasteiger partial charge in [-0.05, 0) is 31.7 Å². The van der Waals surface area contributed by atoms with E-state index in [4.69, 9.17) is 9.72 Å². The summed E-state index contributed by atoms with van der Waals surface area (Å²) in [6, 6.07) is 1.51. The van der Waals surface area contributed by atoms with Gasteiger partial charge in [0.15, 0.2) is 5.82 Å². The molecule has 1 amide bonds. The van der Waals surface area contributed by atoms with Gasteiger partial charge in [0.1, 0.15) is 11.4 Å². The summed E-state index contributed by atoms with van der Waals surface area (Å²) in [7, 11) is 1.84. The van der Waals surface area contributed by atoms with Gasteiger partial charge >= 0.3 is 0 Å². The number of hydrogen-bond donors (Lipinski definition) is 1. The van der Waals surface area contributed by atoms with E-state index in [2.05, 4.69) is 15.3 Å². The third-order valence-electron chi connectivity index (χ3n) is 6.44. The van der Waals surface area contributed by atoms with Gasteiger partial charge in [-0.15, -0.1) is 0 Å². The maximum atomic E-state index is 13.4. The number of amides is 1. The van der Waals surface area contributed by atoms with Gasteiger partial charge in [-0.1, -0.05) is 0 Å². The lowest BCUT2D eigenvalue weighted by molar-refractivity contribution is 0.0648. The number of imidazole rings is 1. The Hall–Kier alpha value is -2.42. The van der Waals surface area contributed by atoms with Crippen LogP contribution in [0.1, 0.15) is 47.8 Å². The molecule has 3 atom stereocenters. The van der Waals surface area contributed by atoms with Gasteiger partial charge in [0.25, 0.3) is 11.8 Å². The van der Waals surface area contributed by atoms with Gasteiger partial charge in [0.2, 0.25) is 0 Å². The lowest BCUT2D eigenvalue weighted by Crippen LogP contribution is -2.36. The molecule has 1 N–H and O–H groups in total. The normalized spacial score (nSPS) is 28.2. The van der Waals surface area contributed by atoms with E-state index in [9.17, 15) is 13.6 Å². The molecule has 0 aromatic carbocycles. The van der Waals surface area contributed by atoms with Gasteiger partial charge in [0, 0.05) is 49.8 Å². The molecule has 2 aromatic rings. The van der Waals surface area contributed by atoms with Crippen LogP contribution in [0.3, 0.4) is 0 Å². The molecular weight excluding hydrogens is 380 g/mol. The fourth-order valence-corrected chi connectivity index (χ4v) is 4.66. The molecule has 2 aromatic heterocycles. The van der Waals surface area contributed by atoms with Crippen LogP contribution in [-0.4, -0.2) is 50.6 Å². The molecule has 0 bridgehead atoms. The second-order valence-corrected chi connectivity index (χ2v) is 8.31. The Balaban J connectivity index is 1.40. The zero-order valence-corrected chi connectivity index (χ0v) is 16.1. The van der Waals surface area contributed by atoms with Crippen molar-refractivity contribution in [1.82, 2.24) is 24.8 Å². The molecule has 3 aliphatic rings. The summed E-state index contributed by atoms with van der Waals surface area (Å²) in [6.07, 6.45) is 5.65. The summed E-state index contributed by atoms with van der Waals surface area (Å²) in [5.74, 6) is -3.40. The number of hydrogen-bond acceptors (Lipinski definition) is 5. The number of rotatable bonds is 4. The van der Waals surface area contributed by atoms with E-state index in [0.29, 0.717) is 31.9 Å². The first kappa shape index (κ1) is 18.6. The fourth-order valence-electron chi connectivity index (χ4n) is 4.66. The number of fused-ring (bicyclic) bond motifs is 1. The summed E-state index contributed by atoms with van der Waals surface area (Å²) >= 11 is 0. The van der Waals surface area contributed by atoms with Crippen LogP contribution in [0.15, 0.2) is 18.6 Å². The van der Waals surface area contributed by atoms with Crippen molar-refractivity contribution in [2.75, 3.05) is 13.2 Å². The second-order valence-electron chi connectivity index (χ2n) is 8.31. The molecule has 0 radical (unpaired) electrons. The number of ether oxygens (including phenoxy) is 1. The number of carbonyl (C=O) groups excluding carboxylic acids is 1. The van der Waals surface area contributed by atoms with Crippen LogP contribution in [0.25, 0.3) is 11.5 Å². The van der Waals surface area contributed by atoms with Crippen molar-refractivity contribution in [3.8, 4) is 11.5 Å². The predicted octanol–water partition coefficient (Wildman–Crippen LogP) is 2.54. The van der Waals surface area contributed by atoms with Crippen LogP contribution in [0.2, 0.25) is 0 Å². The molecule has 7 nitrogen and oxygen atoms in total. The molecule has 2 aliphatic carbocycles. The van der Waals surface area contributed by atoms with Crippen molar-refractivity contribution in [3.63, 3.8) is 0 Å². The average molecular weight is 403 g/mol. The quantitative estimate of drug-likeness (QED) is 0.849. The Labute approximate surface area is 166 Å². The monoisotopic (exact) mass is 403 g/mol. The van der Waals surface area contributed by atoms with Gasteiger partial charge in [-0.25, -0.2) is 23.7 Å². The Morgan fingerprint density at radius 1 is 1.24 bits per heavy atom. The Bertz CT molecular complexity index is 927. The lowest BCUT2D eigenvalue weighted by atomic mass is 9.95. The smallest absolute Gasteiger partial charge is 0.270 e. The summed E-state index contributed by atoms with van der Waals surface area (Å²) < 4.78 is 34.1. The summed E-state index contributed by atoms with van der Waals surface area (Å²) in [4.78, 5) is 26.2. The number of aromatic nitrogens is 4. The van der Waals surface area contributed by atoms with Crippen LogP contribution in [0, 0.1) is 11.8 Å². The topological polar surface area (TPSA) is 81.9 Å². The number of alkyl halides is 2. The molecule has 3 heterocycles. The molecule has 2 saturated carbocycles. The molecule has 3 fully saturated rings. The first-order valence-corrected chi connectivity index (χ1v) is 10.1. The predicted molar refractivity (Wildman–Crippen MR) is 99.4 cm³/mol. The van der Waals surface area contributed by atoms with Crippen molar-refractivity contribution in [2.24, 2.45) is 18.9 Å². The van der Waals surface area contributed by atoms with Crippen molar-refractivity contribution >= 4 is 5.91 Å². The molecular formula is C20H23F2N5O2. The Morgan fingerprint density at radius 3 is 2.62 bits per heavy atom. The average Bonchev–Trinajstić information content (AvgIpc) is 3.13. The molecule has 5 rings (SSSR count). The molecule has 1 aliphatic heterocycles. The minimum atomic E-state index is -2.54. The molecule has 154 valence electrons. The minimum absolute atomic E-state index is 0.197. The van der Waals surface area contributed by atoms with E-state index in [1.54, 1.807) is 23.2 Å². The van der Waals surface area contributed by atoms with Crippen molar-refractivity contribution in [2.45, 2.75) is 43.6 Å². The van der Waals surface area contributed by atoms with Crippen molar-refractivity contribution in [3.05, 3.63) is 30.0 Å². The first-order chi connectivity index (χ1) is 13.9. The maximum absolute atomic E-state index is 13.4. The first-order valence-electron chi connectivity index (χ1n) is 10.1. The van der Waals surface area contributed by atoms with Gasteiger partial charge in [0.05, 0.1) is 12.5 Å². The maximum Gasteiger partial charge on any atom is 0.270 e. The van der Waals surface area contributed by atoms with Crippen LogP contribution >= 0.6 is 0 Å². The van der Waals surface area contributed by atoms with E-state index < -0.39 is 17.8 Å². The summed E-state index contributed by atoms with van der Waals surface area (Å²) in [5.41, 5.74) is 1.80. The van der Waals surface area contributed by atoms with Crippen LogP contribution in [-0.2, 0) is 11.8 Å². The highest BCUT2D eigenvalue weighted by Gasteiger charge is 2.71. The van der Waals surface area contributed by atoms with E-state index in [1.165, 1.54) is 0 Å².